The number of piperidine rings is 1. The number of carbonyl (C=O) groups excluding carboxylic acids is 1. The Hall–Kier alpha value is -2.15. The molecule has 2 aliphatic heterocycles. The van der Waals surface area contributed by atoms with Gasteiger partial charge in [-0.25, -0.2) is 0 Å². The van der Waals surface area contributed by atoms with Crippen LogP contribution in [0.1, 0.15) is 18.4 Å². The van der Waals surface area contributed by atoms with Crippen molar-refractivity contribution in [3.8, 4) is 5.75 Å². The van der Waals surface area contributed by atoms with Gasteiger partial charge in [0, 0.05) is 19.5 Å². The molecule has 2 saturated heterocycles. The molecule has 4 rings (SSSR count). The summed E-state index contributed by atoms with van der Waals surface area (Å²) in [6.45, 7) is 4.34. The summed E-state index contributed by atoms with van der Waals surface area (Å²) in [6.07, 6.45) is 2.01. The van der Waals surface area contributed by atoms with Crippen molar-refractivity contribution in [1.82, 2.24) is 9.80 Å². The van der Waals surface area contributed by atoms with E-state index in [0.717, 1.165) is 48.0 Å². The van der Waals surface area contributed by atoms with Crippen molar-refractivity contribution in [2.45, 2.75) is 25.7 Å². The van der Waals surface area contributed by atoms with Crippen molar-refractivity contribution in [2.24, 2.45) is 5.92 Å². The van der Waals surface area contributed by atoms with E-state index in [-0.39, 0.29) is 12.2 Å². The van der Waals surface area contributed by atoms with Crippen LogP contribution in [-0.4, -0.2) is 69.0 Å². The van der Waals surface area contributed by atoms with Crippen LogP contribution in [0.5, 0.6) is 5.75 Å². The topological polar surface area (TPSA) is 51.2 Å². The van der Waals surface area contributed by atoms with E-state index < -0.39 is 0 Å². The molecule has 0 bridgehead atoms. The number of amides is 1. The van der Waals surface area contributed by atoms with Gasteiger partial charge in [0.15, 0.2) is 6.29 Å². The minimum Gasteiger partial charge on any atom is -0.497 e. The van der Waals surface area contributed by atoms with E-state index in [4.69, 9.17) is 14.2 Å². The molecule has 2 heterocycles. The Labute approximate surface area is 172 Å². The van der Waals surface area contributed by atoms with Crippen LogP contribution in [0.25, 0.3) is 10.8 Å². The zero-order valence-electron chi connectivity index (χ0n) is 17.3. The van der Waals surface area contributed by atoms with Crippen molar-refractivity contribution in [2.75, 3.05) is 47.0 Å². The van der Waals surface area contributed by atoms with Crippen molar-refractivity contribution in [3.05, 3.63) is 42.0 Å². The lowest BCUT2D eigenvalue weighted by Gasteiger charge is -2.34. The van der Waals surface area contributed by atoms with Crippen molar-refractivity contribution in [3.63, 3.8) is 0 Å². The number of nitrogens with zero attached hydrogens (tertiary/aromatic N) is 2. The standard InChI is InChI=1S/C23H30N2O4/c1-24(15-17-3-4-20-14-21(27-2)6-5-19(20)13-17)22(26)16-25-9-7-18(8-10-25)23-28-11-12-29-23/h3-6,13-14,18,23H,7-12,15-16H2,1-2H3. The zero-order valence-corrected chi connectivity index (χ0v) is 17.3. The number of hydrogen-bond donors (Lipinski definition) is 0. The molecule has 2 aliphatic rings. The Kier molecular flexibility index (Phi) is 6.33. The van der Waals surface area contributed by atoms with Gasteiger partial charge in [0.05, 0.1) is 26.9 Å². The first-order valence-electron chi connectivity index (χ1n) is 10.4. The molecule has 29 heavy (non-hydrogen) atoms. The van der Waals surface area contributed by atoms with Gasteiger partial charge in [-0.1, -0.05) is 18.2 Å². The van der Waals surface area contributed by atoms with Crippen molar-refractivity contribution < 1.29 is 19.0 Å². The van der Waals surface area contributed by atoms with Crippen molar-refractivity contribution >= 4 is 16.7 Å². The molecule has 2 fully saturated rings. The molecule has 156 valence electrons. The summed E-state index contributed by atoms with van der Waals surface area (Å²) in [6, 6.07) is 12.4. The minimum absolute atomic E-state index is 0.0385. The summed E-state index contributed by atoms with van der Waals surface area (Å²) in [5.74, 6) is 1.47. The second kappa shape index (κ2) is 9.11. The van der Waals surface area contributed by atoms with Crippen LogP contribution in [0.3, 0.4) is 0 Å². The van der Waals surface area contributed by atoms with Crippen LogP contribution in [0, 0.1) is 5.92 Å². The number of hydrogen-bond acceptors (Lipinski definition) is 5. The first kappa shape index (κ1) is 20.1. The molecule has 2 aromatic carbocycles. The summed E-state index contributed by atoms with van der Waals surface area (Å²) in [4.78, 5) is 16.8. The molecular weight excluding hydrogens is 368 g/mol. The highest BCUT2D eigenvalue weighted by Crippen LogP contribution is 2.26. The third kappa shape index (κ3) is 4.89. The van der Waals surface area contributed by atoms with Gasteiger partial charge in [0.25, 0.3) is 0 Å². The fourth-order valence-corrected chi connectivity index (χ4v) is 4.20. The number of likely N-dealkylation sites (tertiary alicyclic amines) is 1. The molecule has 0 aliphatic carbocycles. The van der Waals surface area contributed by atoms with Gasteiger partial charge in [-0.15, -0.1) is 0 Å². The Morgan fingerprint density at radius 3 is 2.52 bits per heavy atom. The maximum atomic E-state index is 12.7. The van der Waals surface area contributed by atoms with E-state index in [0.29, 0.717) is 32.2 Å². The molecule has 6 nitrogen and oxygen atoms in total. The third-order valence-corrected chi connectivity index (χ3v) is 5.98. The average molecular weight is 399 g/mol. The van der Waals surface area contributed by atoms with E-state index in [1.54, 1.807) is 7.11 Å². The first-order chi connectivity index (χ1) is 14.1. The lowest BCUT2D eigenvalue weighted by molar-refractivity contribution is -0.133. The molecule has 0 unspecified atom stereocenters. The van der Waals surface area contributed by atoms with Crippen LogP contribution in [0.2, 0.25) is 0 Å². The van der Waals surface area contributed by atoms with Gasteiger partial charge < -0.3 is 19.1 Å². The third-order valence-electron chi connectivity index (χ3n) is 5.98. The number of fused-ring (bicyclic) bond motifs is 1. The normalized spacial score (nSPS) is 19.0. The molecule has 0 saturated carbocycles. The lowest BCUT2D eigenvalue weighted by atomic mass is 9.96. The number of rotatable bonds is 6. The average Bonchev–Trinajstić information content (AvgIpc) is 3.28. The van der Waals surface area contributed by atoms with Gasteiger partial charge in [-0.3, -0.25) is 9.69 Å². The van der Waals surface area contributed by atoms with E-state index in [2.05, 4.69) is 29.2 Å². The van der Waals surface area contributed by atoms with Crippen LogP contribution >= 0.6 is 0 Å². The predicted octanol–water partition coefficient (Wildman–Crippen LogP) is 2.89. The largest absolute Gasteiger partial charge is 0.497 e. The number of ether oxygens (including phenoxy) is 3. The van der Waals surface area contributed by atoms with Gasteiger partial charge in [0.2, 0.25) is 5.91 Å². The van der Waals surface area contributed by atoms with Gasteiger partial charge in [-0.2, -0.15) is 0 Å². The van der Waals surface area contributed by atoms with Crippen LogP contribution in [0.4, 0.5) is 0 Å². The first-order valence-corrected chi connectivity index (χ1v) is 10.4. The zero-order chi connectivity index (χ0) is 20.2. The number of carbonyl (C=O) groups is 1. The lowest BCUT2D eigenvalue weighted by Crippen LogP contribution is -2.43. The van der Waals surface area contributed by atoms with Crippen molar-refractivity contribution in [1.29, 1.82) is 0 Å². The summed E-state index contributed by atoms with van der Waals surface area (Å²) < 4.78 is 16.6. The fraction of sp³-hybridized carbons (Fsp3) is 0.522. The molecule has 1 amide bonds. The van der Waals surface area contributed by atoms with Crippen LogP contribution in [0.15, 0.2) is 36.4 Å². The Morgan fingerprint density at radius 1 is 1.10 bits per heavy atom. The summed E-state index contributed by atoms with van der Waals surface area (Å²) in [7, 11) is 3.56. The molecular formula is C23H30N2O4. The minimum atomic E-state index is -0.0385. The summed E-state index contributed by atoms with van der Waals surface area (Å²) in [5.41, 5.74) is 1.13. The maximum absolute atomic E-state index is 12.7. The Bertz CT molecular complexity index is 842. The number of benzene rings is 2. The molecule has 6 heteroatoms. The number of likely N-dealkylation sites (N-methyl/N-ethyl adjacent to an activating group) is 1. The Morgan fingerprint density at radius 2 is 1.79 bits per heavy atom. The van der Waals surface area contributed by atoms with Gasteiger partial charge >= 0.3 is 0 Å². The second-order valence-corrected chi connectivity index (χ2v) is 8.02. The monoisotopic (exact) mass is 398 g/mol. The Balaban J connectivity index is 1.28. The second-order valence-electron chi connectivity index (χ2n) is 8.02. The molecule has 0 atom stereocenters. The predicted molar refractivity (Wildman–Crippen MR) is 112 cm³/mol. The highest BCUT2D eigenvalue weighted by Gasteiger charge is 2.31. The van der Waals surface area contributed by atoms with E-state index >= 15 is 0 Å². The summed E-state index contributed by atoms with van der Waals surface area (Å²) >= 11 is 0. The fourth-order valence-electron chi connectivity index (χ4n) is 4.20. The molecule has 0 N–H and O–H groups in total. The molecule has 0 radical (unpaired) electrons. The van der Waals surface area contributed by atoms with Crippen LogP contribution in [-0.2, 0) is 20.8 Å². The highest BCUT2D eigenvalue weighted by molar-refractivity contribution is 5.84. The van der Waals surface area contributed by atoms with Crippen LogP contribution < -0.4 is 4.74 Å². The van der Waals surface area contributed by atoms with Gasteiger partial charge in [0.1, 0.15) is 5.75 Å². The SMILES string of the molecule is COc1ccc2cc(CN(C)C(=O)CN3CCC(C4OCCO4)CC3)ccc2c1. The quantitative estimate of drug-likeness (QED) is 0.749. The highest BCUT2D eigenvalue weighted by atomic mass is 16.7. The van der Waals surface area contributed by atoms with E-state index in [9.17, 15) is 4.79 Å². The molecule has 0 spiro atoms. The van der Waals surface area contributed by atoms with Gasteiger partial charge in [-0.05, 0) is 60.5 Å². The maximum Gasteiger partial charge on any atom is 0.236 e. The summed E-state index contributed by atoms with van der Waals surface area (Å²) in [5, 5.41) is 2.29. The smallest absolute Gasteiger partial charge is 0.236 e. The molecule has 2 aromatic rings. The van der Waals surface area contributed by atoms with E-state index in [1.807, 2.05) is 24.1 Å². The molecule has 0 aromatic heterocycles. The number of methoxy groups -OCH3 is 1. The van der Waals surface area contributed by atoms with E-state index in [1.165, 1.54) is 0 Å².